The molecule has 2 rings (SSSR count). The van der Waals surface area contributed by atoms with Crippen molar-refractivity contribution in [3.8, 4) is 5.75 Å². The molecule has 0 aromatic heterocycles. The Balaban J connectivity index is 2.05. The molecule has 0 spiro atoms. The second kappa shape index (κ2) is 4.67. The lowest BCUT2D eigenvalue weighted by Gasteiger charge is -2.30. The van der Waals surface area contributed by atoms with E-state index in [0.29, 0.717) is 12.1 Å². The summed E-state index contributed by atoms with van der Waals surface area (Å²) in [6.45, 7) is 2.20. The minimum atomic E-state index is 0.381. The topological polar surface area (TPSA) is 21.3 Å². The van der Waals surface area contributed by atoms with Crippen LogP contribution in [0.5, 0.6) is 5.75 Å². The second-order valence-electron chi connectivity index (χ2n) is 4.26. The van der Waals surface area contributed by atoms with Gasteiger partial charge in [0.05, 0.1) is 7.11 Å². The molecule has 2 nitrogen and oxygen atoms in total. The lowest BCUT2D eigenvalue weighted by atomic mass is 9.91. The SMILES string of the molecule is COc1ccccc1C(C)NC1CCC1. The fourth-order valence-electron chi connectivity index (χ4n) is 2.04. The van der Waals surface area contributed by atoms with Gasteiger partial charge < -0.3 is 10.1 Å². The van der Waals surface area contributed by atoms with Crippen molar-refractivity contribution in [2.24, 2.45) is 0 Å². The zero-order valence-corrected chi connectivity index (χ0v) is 9.49. The summed E-state index contributed by atoms with van der Waals surface area (Å²) in [5.74, 6) is 0.983. The molecule has 0 heterocycles. The van der Waals surface area contributed by atoms with Gasteiger partial charge in [0, 0.05) is 17.6 Å². The Bertz CT molecular complexity index is 320. The second-order valence-corrected chi connectivity index (χ2v) is 4.26. The summed E-state index contributed by atoms with van der Waals surface area (Å²) in [6.07, 6.45) is 4.01. The minimum absolute atomic E-state index is 0.381. The van der Waals surface area contributed by atoms with E-state index in [1.165, 1.54) is 24.8 Å². The standard InChI is InChI=1S/C13H19NO/c1-10(14-11-6-5-7-11)12-8-3-4-9-13(12)15-2/h3-4,8-11,14H,5-7H2,1-2H3. The predicted octanol–water partition coefficient (Wildman–Crippen LogP) is 2.90. The van der Waals surface area contributed by atoms with E-state index in [9.17, 15) is 0 Å². The number of para-hydroxylation sites is 1. The van der Waals surface area contributed by atoms with Gasteiger partial charge in [-0.3, -0.25) is 0 Å². The normalized spacial score (nSPS) is 18.3. The molecule has 1 fully saturated rings. The van der Waals surface area contributed by atoms with Gasteiger partial charge in [0.25, 0.3) is 0 Å². The van der Waals surface area contributed by atoms with Gasteiger partial charge in [0.15, 0.2) is 0 Å². The highest BCUT2D eigenvalue weighted by Crippen LogP contribution is 2.27. The third-order valence-electron chi connectivity index (χ3n) is 3.20. The number of hydrogen-bond acceptors (Lipinski definition) is 2. The molecule has 0 aliphatic heterocycles. The lowest BCUT2D eigenvalue weighted by Crippen LogP contribution is -2.36. The summed E-state index contributed by atoms with van der Waals surface area (Å²) in [7, 11) is 1.73. The molecule has 1 aromatic carbocycles. The molecule has 1 unspecified atom stereocenters. The van der Waals surface area contributed by atoms with Crippen LogP contribution >= 0.6 is 0 Å². The van der Waals surface area contributed by atoms with Crippen LogP contribution in [0.25, 0.3) is 0 Å². The fourth-order valence-corrected chi connectivity index (χ4v) is 2.04. The quantitative estimate of drug-likeness (QED) is 0.816. The van der Waals surface area contributed by atoms with Gasteiger partial charge >= 0.3 is 0 Å². The molecule has 0 bridgehead atoms. The van der Waals surface area contributed by atoms with Gasteiger partial charge in [-0.15, -0.1) is 0 Å². The molecule has 0 saturated heterocycles. The predicted molar refractivity (Wildman–Crippen MR) is 62.2 cm³/mol. The van der Waals surface area contributed by atoms with Crippen molar-refractivity contribution in [3.63, 3.8) is 0 Å². The number of rotatable bonds is 4. The summed E-state index contributed by atoms with van der Waals surface area (Å²) in [6, 6.07) is 9.33. The van der Waals surface area contributed by atoms with E-state index < -0.39 is 0 Å². The van der Waals surface area contributed by atoms with E-state index in [1.807, 2.05) is 12.1 Å². The van der Waals surface area contributed by atoms with Crippen LogP contribution < -0.4 is 10.1 Å². The first-order chi connectivity index (χ1) is 7.31. The Kier molecular flexibility index (Phi) is 3.27. The van der Waals surface area contributed by atoms with Crippen LogP contribution in [0.1, 0.15) is 37.8 Å². The molecule has 0 radical (unpaired) electrons. The first kappa shape index (κ1) is 10.5. The Labute approximate surface area is 91.6 Å². The largest absolute Gasteiger partial charge is 0.496 e. The van der Waals surface area contributed by atoms with Crippen LogP contribution in [0, 0.1) is 0 Å². The Morgan fingerprint density at radius 2 is 2.07 bits per heavy atom. The van der Waals surface area contributed by atoms with Crippen LogP contribution in [0.2, 0.25) is 0 Å². The molecule has 1 aliphatic carbocycles. The smallest absolute Gasteiger partial charge is 0.123 e. The van der Waals surface area contributed by atoms with E-state index in [0.717, 1.165) is 5.75 Å². The molecule has 1 atom stereocenters. The molecule has 2 heteroatoms. The third kappa shape index (κ3) is 2.32. The van der Waals surface area contributed by atoms with Gasteiger partial charge in [-0.25, -0.2) is 0 Å². The summed E-state index contributed by atoms with van der Waals surface area (Å²) in [4.78, 5) is 0. The van der Waals surface area contributed by atoms with Crippen molar-refractivity contribution in [1.29, 1.82) is 0 Å². The summed E-state index contributed by atoms with van der Waals surface area (Å²) < 4.78 is 5.36. The molecule has 1 aliphatic rings. The third-order valence-corrected chi connectivity index (χ3v) is 3.20. The Morgan fingerprint density at radius 1 is 1.33 bits per heavy atom. The molecule has 1 aromatic rings. The van der Waals surface area contributed by atoms with E-state index in [-0.39, 0.29) is 0 Å². The molecule has 82 valence electrons. The van der Waals surface area contributed by atoms with Crippen LogP contribution in [0.15, 0.2) is 24.3 Å². The maximum absolute atomic E-state index is 5.36. The zero-order valence-electron chi connectivity index (χ0n) is 9.49. The number of benzene rings is 1. The summed E-state index contributed by atoms with van der Waals surface area (Å²) in [5.41, 5.74) is 1.26. The van der Waals surface area contributed by atoms with Gasteiger partial charge in [-0.1, -0.05) is 24.6 Å². The Hall–Kier alpha value is -1.02. The van der Waals surface area contributed by atoms with Gasteiger partial charge in [0.2, 0.25) is 0 Å². The number of nitrogens with one attached hydrogen (secondary N) is 1. The molecular formula is C13H19NO. The van der Waals surface area contributed by atoms with Crippen molar-refractivity contribution in [2.45, 2.75) is 38.3 Å². The maximum atomic E-state index is 5.36. The van der Waals surface area contributed by atoms with E-state index in [4.69, 9.17) is 4.74 Å². The highest BCUT2D eigenvalue weighted by molar-refractivity contribution is 5.35. The van der Waals surface area contributed by atoms with Crippen molar-refractivity contribution >= 4 is 0 Å². The van der Waals surface area contributed by atoms with Crippen molar-refractivity contribution in [1.82, 2.24) is 5.32 Å². The Morgan fingerprint density at radius 3 is 2.67 bits per heavy atom. The fraction of sp³-hybridized carbons (Fsp3) is 0.538. The maximum Gasteiger partial charge on any atom is 0.123 e. The number of ether oxygens (including phenoxy) is 1. The highest BCUT2D eigenvalue weighted by Gasteiger charge is 2.20. The zero-order chi connectivity index (χ0) is 10.7. The van der Waals surface area contributed by atoms with E-state index in [2.05, 4.69) is 24.4 Å². The summed E-state index contributed by atoms with van der Waals surface area (Å²) in [5, 5.41) is 3.63. The minimum Gasteiger partial charge on any atom is -0.496 e. The van der Waals surface area contributed by atoms with E-state index >= 15 is 0 Å². The highest BCUT2D eigenvalue weighted by atomic mass is 16.5. The average Bonchev–Trinajstić information content (AvgIpc) is 2.23. The van der Waals surface area contributed by atoms with Crippen LogP contribution in [-0.2, 0) is 0 Å². The number of methoxy groups -OCH3 is 1. The lowest BCUT2D eigenvalue weighted by molar-refractivity contribution is 0.308. The number of hydrogen-bond donors (Lipinski definition) is 1. The van der Waals surface area contributed by atoms with Gasteiger partial charge in [-0.05, 0) is 25.8 Å². The first-order valence-corrected chi connectivity index (χ1v) is 5.70. The molecule has 15 heavy (non-hydrogen) atoms. The van der Waals surface area contributed by atoms with Crippen LogP contribution in [-0.4, -0.2) is 13.2 Å². The van der Waals surface area contributed by atoms with Crippen LogP contribution in [0.4, 0.5) is 0 Å². The van der Waals surface area contributed by atoms with E-state index in [1.54, 1.807) is 7.11 Å². The molecule has 1 N–H and O–H groups in total. The summed E-state index contributed by atoms with van der Waals surface area (Å²) >= 11 is 0. The molecular weight excluding hydrogens is 186 g/mol. The van der Waals surface area contributed by atoms with Gasteiger partial charge in [-0.2, -0.15) is 0 Å². The molecule has 0 amide bonds. The first-order valence-electron chi connectivity index (χ1n) is 5.70. The average molecular weight is 205 g/mol. The van der Waals surface area contributed by atoms with Gasteiger partial charge in [0.1, 0.15) is 5.75 Å². The van der Waals surface area contributed by atoms with Crippen molar-refractivity contribution in [3.05, 3.63) is 29.8 Å². The van der Waals surface area contributed by atoms with Crippen molar-refractivity contribution < 1.29 is 4.74 Å². The molecule has 1 saturated carbocycles. The van der Waals surface area contributed by atoms with Crippen LogP contribution in [0.3, 0.4) is 0 Å². The van der Waals surface area contributed by atoms with Crippen molar-refractivity contribution in [2.75, 3.05) is 7.11 Å². The monoisotopic (exact) mass is 205 g/mol.